The molecular weight excluding hydrogens is 293 g/mol. The van der Waals surface area contributed by atoms with E-state index in [1.807, 2.05) is 24.0 Å². The summed E-state index contributed by atoms with van der Waals surface area (Å²) >= 11 is 4.19. The molecule has 3 heteroatoms. The maximum Gasteiger partial charge on any atom is 0.0837 e. The molecule has 0 saturated carbocycles. The van der Waals surface area contributed by atoms with E-state index in [0.717, 1.165) is 9.28 Å². The molecule has 0 atom stereocenters. The summed E-state index contributed by atoms with van der Waals surface area (Å²) in [4.78, 5) is 5.65. The van der Waals surface area contributed by atoms with E-state index < -0.39 is 0 Å². The monoisotopic (exact) mass is 301 g/mol. The van der Waals surface area contributed by atoms with Crippen LogP contribution in [0.2, 0.25) is 0 Å². The maximum atomic E-state index is 4.38. The van der Waals surface area contributed by atoms with Gasteiger partial charge in [0.2, 0.25) is 0 Å². The molecule has 0 saturated heterocycles. The van der Waals surface area contributed by atoms with Gasteiger partial charge in [-0.2, -0.15) is 0 Å². The second-order valence-electron chi connectivity index (χ2n) is 2.58. The van der Waals surface area contributed by atoms with Crippen molar-refractivity contribution >= 4 is 45.3 Å². The molecule has 0 fully saturated rings. The fourth-order valence-electron chi connectivity index (χ4n) is 1.25. The van der Waals surface area contributed by atoms with Crippen molar-refractivity contribution in [1.29, 1.82) is 0 Å². The third-order valence-corrected chi connectivity index (χ3v) is 3.49. The third kappa shape index (κ3) is 1.96. The Labute approximate surface area is 95.1 Å². The van der Waals surface area contributed by atoms with Crippen molar-refractivity contribution in [2.45, 2.75) is 4.90 Å². The molecule has 13 heavy (non-hydrogen) atoms. The minimum absolute atomic E-state index is 1.06. The number of hydrogen-bond donors (Lipinski definition) is 0. The summed E-state index contributed by atoms with van der Waals surface area (Å²) in [6.07, 6.45) is 1.85. The van der Waals surface area contributed by atoms with Crippen molar-refractivity contribution in [3.63, 3.8) is 0 Å². The number of aromatic nitrogens is 1. The van der Waals surface area contributed by atoms with Crippen LogP contribution < -0.4 is 0 Å². The molecule has 0 unspecified atom stereocenters. The molecule has 0 aliphatic rings. The Bertz CT molecular complexity index is 411. The second-order valence-corrected chi connectivity index (χ2v) is 5.40. The van der Waals surface area contributed by atoms with Crippen molar-refractivity contribution in [2.75, 3.05) is 3.76 Å². The van der Waals surface area contributed by atoms with E-state index in [0.29, 0.717) is 0 Å². The fourth-order valence-corrected chi connectivity index (χ4v) is 2.86. The van der Waals surface area contributed by atoms with Crippen molar-refractivity contribution in [3.05, 3.63) is 36.5 Å². The third-order valence-electron chi connectivity index (χ3n) is 1.81. The van der Waals surface area contributed by atoms with Gasteiger partial charge in [0.05, 0.1) is 9.28 Å². The summed E-state index contributed by atoms with van der Waals surface area (Å²) in [7, 11) is 0. The van der Waals surface area contributed by atoms with Crippen LogP contribution in [0.1, 0.15) is 0 Å². The van der Waals surface area contributed by atoms with Gasteiger partial charge < -0.3 is 0 Å². The molecule has 66 valence electrons. The lowest BCUT2D eigenvalue weighted by Crippen LogP contribution is -1.80. The Morgan fingerprint density at radius 2 is 2.08 bits per heavy atom. The maximum absolute atomic E-state index is 4.38. The lowest BCUT2D eigenvalue weighted by molar-refractivity contribution is 1.35. The molecule has 1 heterocycles. The Morgan fingerprint density at radius 1 is 1.23 bits per heavy atom. The molecule has 0 spiro atoms. The van der Waals surface area contributed by atoms with Crippen LogP contribution in [0.25, 0.3) is 10.9 Å². The molecular formula is C10H8INS. The molecule has 2 aromatic rings. The first-order chi connectivity index (χ1) is 6.42. The van der Waals surface area contributed by atoms with Gasteiger partial charge >= 0.3 is 0 Å². The molecule has 1 aromatic carbocycles. The largest absolute Gasteiger partial charge is 0.255 e. The van der Waals surface area contributed by atoms with E-state index in [1.54, 1.807) is 0 Å². The molecule has 0 aliphatic heterocycles. The van der Waals surface area contributed by atoms with Crippen molar-refractivity contribution in [1.82, 2.24) is 4.98 Å². The first-order valence-electron chi connectivity index (χ1n) is 3.94. The summed E-state index contributed by atoms with van der Waals surface area (Å²) < 4.78 is 1.06. The topological polar surface area (TPSA) is 12.9 Å². The van der Waals surface area contributed by atoms with Crippen LogP contribution in [0, 0.1) is 0 Å². The number of para-hydroxylation sites is 1. The summed E-state index contributed by atoms with van der Waals surface area (Å²) in [5.74, 6) is 0. The van der Waals surface area contributed by atoms with Crippen molar-refractivity contribution in [3.8, 4) is 0 Å². The lowest BCUT2D eigenvalue weighted by atomic mass is 10.2. The first kappa shape index (κ1) is 9.27. The number of fused-ring (bicyclic) bond motifs is 1. The zero-order valence-corrected chi connectivity index (χ0v) is 9.88. The van der Waals surface area contributed by atoms with Crippen LogP contribution >= 0.6 is 34.4 Å². The number of rotatable bonds is 2. The van der Waals surface area contributed by atoms with E-state index in [1.165, 1.54) is 10.3 Å². The van der Waals surface area contributed by atoms with E-state index in [9.17, 15) is 0 Å². The van der Waals surface area contributed by atoms with Crippen LogP contribution in [0.15, 0.2) is 41.4 Å². The highest BCUT2D eigenvalue weighted by atomic mass is 127. The number of thioether (sulfide) groups is 1. The number of hydrogen-bond acceptors (Lipinski definition) is 2. The van der Waals surface area contributed by atoms with E-state index in [2.05, 4.69) is 51.8 Å². The molecule has 0 aliphatic carbocycles. The van der Waals surface area contributed by atoms with Gasteiger partial charge in [-0.05, 0) is 12.1 Å². The van der Waals surface area contributed by atoms with Crippen molar-refractivity contribution in [2.24, 2.45) is 0 Å². The number of benzene rings is 1. The molecule has 0 radical (unpaired) electrons. The number of alkyl halides is 1. The van der Waals surface area contributed by atoms with Gasteiger partial charge in [-0.3, -0.25) is 4.98 Å². The van der Waals surface area contributed by atoms with E-state index >= 15 is 0 Å². The number of halogens is 1. The van der Waals surface area contributed by atoms with Crippen LogP contribution in [-0.2, 0) is 0 Å². The number of pyridine rings is 1. The van der Waals surface area contributed by atoms with Crippen LogP contribution in [-0.4, -0.2) is 8.74 Å². The molecule has 0 amide bonds. The Hall–Kier alpha value is -0.290. The molecule has 2 rings (SSSR count). The fraction of sp³-hybridized carbons (Fsp3) is 0.100. The summed E-state index contributed by atoms with van der Waals surface area (Å²) in [5, 5.41) is 1.22. The van der Waals surface area contributed by atoms with Gasteiger partial charge in [0.1, 0.15) is 0 Å². The zero-order valence-electron chi connectivity index (χ0n) is 6.90. The summed E-state index contributed by atoms with van der Waals surface area (Å²) in [6, 6.07) is 10.4. The Balaban J connectivity index is 2.61. The van der Waals surface area contributed by atoms with Crippen LogP contribution in [0.3, 0.4) is 0 Å². The lowest BCUT2D eigenvalue weighted by Gasteiger charge is -2.01. The SMILES string of the molecule is ICSc1cccc2cccnc12. The minimum atomic E-state index is 1.06. The average Bonchev–Trinajstić information content (AvgIpc) is 2.19. The quantitative estimate of drug-likeness (QED) is 0.476. The highest BCUT2D eigenvalue weighted by molar-refractivity contribution is 14.1. The van der Waals surface area contributed by atoms with E-state index in [-0.39, 0.29) is 0 Å². The Morgan fingerprint density at radius 3 is 2.92 bits per heavy atom. The smallest absolute Gasteiger partial charge is 0.0837 e. The van der Waals surface area contributed by atoms with Gasteiger partial charge in [-0.15, -0.1) is 11.8 Å². The van der Waals surface area contributed by atoms with Gasteiger partial charge in [0.25, 0.3) is 0 Å². The first-order valence-corrected chi connectivity index (χ1v) is 6.45. The van der Waals surface area contributed by atoms with Gasteiger partial charge in [-0.25, -0.2) is 0 Å². The van der Waals surface area contributed by atoms with E-state index in [4.69, 9.17) is 0 Å². The molecule has 0 N–H and O–H groups in total. The highest BCUT2D eigenvalue weighted by Gasteiger charge is 1.99. The predicted octanol–water partition coefficient (Wildman–Crippen LogP) is 3.72. The number of nitrogens with zero attached hydrogens (tertiary/aromatic N) is 1. The normalized spacial score (nSPS) is 10.5. The zero-order chi connectivity index (χ0) is 9.10. The van der Waals surface area contributed by atoms with Gasteiger partial charge in [0, 0.05) is 16.5 Å². The van der Waals surface area contributed by atoms with Crippen molar-refractivity contribution < 1.29 is 0 Å². The standard InChI is InChI=1S/C10H8INS/c11-7-13-9-5-1-3-8-4-2-6-12-10(8)9/h1-6H,7H2. The predicted molar refractivity (Wildman–Crippen MR) is 66.5 cm³/mol. The van der Waals surface area contributed by atoms with Gasteiger partial charge in [0.15, 0.2) is 0 Å². The second kappa shape index (κ2) is 4.28. The molecule has 1 aromatic heterocycles. The average molecular weight is 301 g/mol. The van der Waals surface area contributed by atoms with Crippen LogP contribution in [0.5, 0.6) is 0 Å². The molecule has 0 bridgehead atoms. The van der Waals surface area contributed by atoms with Crippen LogP contribution in [0.4, 0.5) is 0 Å². The highest BCUT2D eigenvalue weighted by Crippen LogP contribution is 2.26. The van der Waals surface area contributed by atoms with Gasteiger partial charge in [-0.1, -0.05) is 40.8 Å². The summed E-state index contributed by atoms with van der Waals surface area (Å²) in [6.45, 7) is 0. The summed E-state index contributed by atoms with van der Waals surface area (Å²) in [5.41, 5.74) is 1.12. The Kier molecular flexibility index (Phi) is 3.05. The molecule has 1 nitrogen and oxygen atoms in total. The minimum Gasteiger partial charge on any atom is -0.255 e.